The maximum Gasteiger partial charge on any atom is 0.311 e. The van der Waals surface area contributed by atoms with Gasteiger partial charge in [-0.2, -0.15) is 0 Å². The van der Waals surface area contributed by atoms with Gasteiger partial charge in [-0.15, -0.1) is 0 Å². The van der Waals surface area contributed by atoms with E-state index in [1.165, 1.54) is 16.8 Å². The van der Waals surface area contributed by atoms with Crippen molar-refractivity contribution in [1.29, 1.82) is 0 Å². The number of hydrogen-bond donors (Lipinski definition) is 1. The molecule has 0 aliphatic carbocycles. The lowest BCUT2D eigenvalue weighted by Crippen LogP contribution is -2.32. The minimum absolute atomic E-state index is 0.605. The molecule has 0 radical (unpaired) electrons. The van der Waals surface area contributed by atoms with Gasteiger partial charge >= 0.3 is 5.97 Å². The number of benzene rings is 1. The van der Waals surface area contributed by atoms with Crippen LogP contribution in [-0.4, -0.2) is 24.2 Å². The summed E-state index contributed by atoms with van der Waals surface area (Å²) in [6.45, 7) is 7.63. The number of aliphatic carboxylic acids is 1. The van der Waals surface area contributed by atoms with E-state index in [0.717, 1.165) is 25.8 Å². The first-order chi connectivity index (χ1) is 9.01. The summed E-state index contributed by atoms with van der Waals surface area (Å²) in [5.74, 6) is -0.679. The summed E-state index contributed by atoms with van der Waals surface area (Å²) < 4.78 is 0. The molecule has 1 saturated heterocycles. The second kappa shape index (κ2) is 5.24. The van der Waals surface area contributed by atoms with Crippen LogP contribution >= 0.6 is 0 Å². The lowest BCUT2D eigenvalue weighted by Gasteiger charge is -2.26. The van der Waals surface area contributed by atoms with Crippen LogP contribution in [0.5, 0.6) is 0 Å². The Labute approximate surface area is 115 Å². The third kappa shape index (κ3) is 2.46. The van der Waals surface area contributed by atoms with Crippen molar-refractivity contribution < 1.29 is 9.90 Å². The fourth-order valence-electron chi connectivity index (χ4n) is 2.95. The van der Waals surface area contributed by atoms with Gasteiger partial charge in [0.25, 0.3) is 0 Å². The number of anilines is 1. The van der Waals surface area contributed by atoms with Gasteiger partial charge in [0.05, 0.1) is 5.41 Å². The smallest absolute Gasteiger partial charge is 0.311 e. The maximum atomic E-state index is 11.4. The zero-order valence-electron chi connectivity index (χ0n) is 12.1. The lowest BCUT2D eigenvalue weighted by atomic mass is 9.90. The Morgan fingerprint density at radius 3 is 2.32 bits per heavy atom. The molecule has 1 aliphatic heterocycles. The van der Waals surface area contributed by atoms with E-state index in [4.69, 9.17) is 0 Å². The van der Waals surface area contributed by atoms with E-state index < -0.39 is 11.4 Å². The summed E-state index contributed by atoms with van der Waals surface area (Å²) in [4.78, 5) is 13.7. The number of nitrogens with zero attached hydrogens (tertiary/aromatic N) is 1. The molecule has 1 aromatic rings. The maximum absolute atomic E-state index is 11.4. The van der Waals surface area contributed by atoms with Gasteiger partial charge in [0, 0.05) is 18.8 Å². The number of rotatable bonds is 4. The molecule has 1 fully saturated rings. The molecule has 1 atom stereocenters. The highest BCUT2D eigenvalue weighted by Crippen LogP contribution is 2.37. The second-order valence-corrected chi connectivity index (χ2v) is 5.67. The largest absolute Gasteiger partial charge is 0.481 e. The number of carboxylic acid groups (broad SMARTS) is 1. The van der Waals surface area contributed by atoms with Crippen molar-refractivity contribution in [1.82, 2.24) is 0 Å². The molecule has 1 aromatic carbocycles. The van der Waals surface area contributed by atoms with Crippen LogP contribution in [-0.2, 0) is 17.6 Å². The highest BCUT2D eigenvalue weighted by atomic mass is 16.4. The average Bonchev–Trinajstić information content (AvgIpc) is 2.81. The quantitative estimate of drug-likeness (QED) is 0.905. The Morgan fingerprint density at radius 1 is 1.32 bits per heavy atom. The van der Waals surface area contributed by atoms with Crippen molar-refractivity contribution >= 4 is 11.7 Å². The standard InChI is InChI=1S/C16H23NO2/c1-4-12-7-6-8-13(5-2)14(12)17-10-9-16(3,11-17)15(18)19/h6-8H,4-5,9-11H2,1-3H3,(H,18,19). The Kier molecular flexibility index (Phi) is 3.83. The van der Waals surface area contributed by atoms with Gasteiger partial charge in [-0.3, -0.25) is 4.79 Å². The molecule has 104 valence electrons. The first-order valence-electron chi connectivity index (χ1n) is 7.11. The monoisotopic (exact) mass is 261 g/mol. The lowest BCUT2D eigenvalue weighted by molar-refractivity contribution is -0.146. The predicted octanol–water partition coefficient (Wildman–Crippen LogP) is 3.11. The van der Waals surface area contributed by atoms with Gasteiger partial charge in [-0.1, -0.05) is 32.0 Å². The highest BCUT2D eigenvalue weighted by molar-refractivity contribution is 5.77. The van der Waals surface area contributed by atoms with Gasteiger partial charge in [0.1, 0.15) is 0 Å². The molecule has 3 heteroatoms. The van der Waals surface area contributed by atoms with E-state index in [0.29, 0.717) is 6.54 Å². The number of carboxylic acids is 1. The third-order valence-corrected chi connectivity index (χ3v) is 4.27. The van der Waals surface area contributed by atoms with E-state index in [9.17, 15) is 9.90 Å². The second-order valence-electron chi connectivity index (χ2n) is 5.67. The first-order valence-corrected chi connectivity index (χ1v) is 7.11. The van der Waals surface area contributed by atoms with Crippen LogP contribution in [0.1, 0.15) is 38.3 Å². The minimum atomic E-state index is -0.679. The topological polar surface area (TPSA) is 40.5 Å². The van der Waals surface area contributed by atoms with E-state index in [2.05, 4.69) is 36.9 Å². The van der Waals surface area contributed by atoms with E-state index in [1.54, 1.807) is 0 Å². The van der Waals surface area contributed by atoms with Crippen LogP contribution < -0.4 is 4.90 Å². The molecule has 19 heavy (non-hydrogen) atoms. The van der Waals surface area contributed by atoms with Crippen molar-refractivity contribution in [2.75, 3.05) is 18.0 Å². The van der Waals surface area contributed by atoms with Crippen LogP contribution in [0.2, 0.25) is 0 Å². The van der Waals surface area contributed by atoms with Crippen molar-refractivity contribution in [2.24, 2.45) is 5.41 Å². The normalized spacial score (nSPS) is 22.8. The summed E-state index contributed by atoms with van der Waals surface area (Å²) in [7, 11) is 0. The molecule has 1 unspecified atom stereocenters. The third-order valence-electron chi connectivity index (χ3n) is 4.27. The number of aryl methyl sites for hydroxylation is 2. The molecule has 0 amide bonds. The van der Waals surface area contributed by atoms with Crippen LogP contribution in [0.4, 0.5) is 5.69 Å². The minimum Gasteiger partial charge on any atom is -0.481 e. The number of para-hydroxylation sites is 1. The molecule has 0 spiro atoms. The molecular weight excluding hydrogens is 238 g/mol. The Bertz CT molecular complexity index is 461. The molecule has 3 nitrogen and oxygen atoms in total. The van der Waals surface area contributed by atoms with Crippen molar-refractivity contribution in [3.05, 3.63) is 29.3 Å². The molecule has 1 heterocycles. The summed E-state index contributed by atoms with van der Waals surface area (Å²) in [6.07, 6.45) is 2.70. The molecule has 0 aromatic heterocycles. The average molecular weight is 261 g/mol. The molecule has 2 rings (SSSR count). The molecule has 0 bridgehead atoms. The SMILES string of the molecule is CCc1cccc(CC)c1N1CCC(C)(C(=O)O)C1. The van der Waals surface area contributed by atoms with Crippen LogP contribution in [0.3, 0.4) is 0 Å². The molecular formula is C16H23NO2. The van der Waals surface area contributed by atoms with E-state index in [-0.39, 0.29) is 0 Å². The van der Waals surface area contributed by atoms with Crippen LogP contribution in [0.15, 0.2) is 18.2 Å². The van der Waals surface area contributed by atoms with Gasteiger partial charge in [0.15, 0.2) is 0 Å². The summed E-state index contributed by atoms with van der Waals surface area (Å²) >= 11 is 0. The molecule has 1 N–H and O–H groups in total. The predicted molar refractivity (Wildman–Crippen MR) is 77.8 cm³/mol. The Hall–Kier alpha value is -1.51. The van der Waals surface area contributed by atoms with E-state index >= 15 is 0 Å². The van der Waals surface area contributed by atoms with Gasteiger partial charge in [-0.25, -0.2) is 0 Å². The highest BCUT2D eigenvalue weighted by Gasteiger charge is 2.41. The zero-order chi connectivity index (χ0) is 14.0. The molecule has 0 saturated carbocycles. The van der Waals surface area contributed by atoms with E-state index in [1.807, 2.05) is 6.92 Å². The zero-order valence-corrected chi connectivity index (χ0v) is 12.1. The van der Waals surface area contributed by atoms with Crippen molar-refractivity contribution in [2.45, 2.75) is 40.0 Å². The summed E-state index contributed by atoms with van der Waals surface area (Å²) in [6, 6.07) is 6.42. The van der Waals surface area contributed by atoms with Gasteiger partial charge in [0.2, 0.25) is 0 Å². The van der Waals surface area contributed by atoms with Crippen LogP contribution in [0.25, 0.3) is 0 Å². The van der Waals surface area contributed by atoms with Gasteiger partial charge < -0.3 is 10.0 Å². The Morgan fingerprint density at radius 2 is 1.89 bits per heavy atom. The van der Waals surface area contributed by atoms with Gasteiger partial charge in [-0.05, 0) is 37.3 Å². The Balaban J connectivity index is 2.36. The van der Waals surface area contributed by atoms with Crippen molar-refractivity contribution in [3.63, 3.8) is 0 Å². The summed E-state index contributed by atoms with van der Waals surface area (Å²) in [5.41, 5.74) is 3.33. The van der Waals surface area contributed by atoms with Crippen molar-refractivity contribution in [3.8, 4) is 0 Å². The number of hydrogen-bond acceptors (Lipinski definition) is 2. The molecule has 1 aliphatic rings. The summed E-state index contributed by atoms with van der Waals surface area (Å²) in [5, 5.41) is 9.36. The first kappa shape index (κ1) is 13.9. The van der Waals surface area contributed by atoms with Crippen LogP contribution in [0, 0.1) is 5.41 Å². The fourth-order valence-corrected chi connectivity index (χ4v) is 2.95. The fraction of sp³-hybridized carbons (Fsp3) is 0.562. The number of carbonyl (C=O) groups is 1.